The molecule has 2 rings (SSSR count). The minimum atomic E-state index is 0.587. The molecule has 1 aliphatic heterocycles. The third kappa shape index (κ3) is 3.16. The van der Waals surface area contributed by atoms with Crippen molar-refractivity contribution in [2.45, 2.75) is 38.1 Å². The molecule has 0 aromatic heterocycles. The fraction of sp³-hybridized carbons (Fsp3) is 1.00. The smallest absolute Gasteiger partial charge is 0.0622 e. The van der Waals surface area contributed by atoms with E-state index in [1.165, 1.54) is 32.2 Å². The van der Waals surface area contributed by atoms with Crippen molar-refractivity contribution in [2.24, 2.45) is 11.7 Å². The van der Waals surface area contributed by atoms with Gasteiger partial charge in [-0.1, -0.05) is 12.8 Å². The molecule has 0 aromatic carbocycles. The van der Waals surface area contributed by atoms with E-state index in [-0.39, 0.29) is 0 Å². The van der Waals surface area contributed by atoms with Gasteiger partial charge in [-0.2, -0.15) is 0 Å². The van der Waals surface area contributed by atoms with Gasteiger partial charge in [0.2, 0.25) is 0 Å². The highest BCUT2D eigenvalue weighted by molar-refractivity contribution is 4.79. The molecule has 0 aromatic rings. The monoisotopic (exact) mass is 212 g/mol. The molecule has 1 heterocycles. The Hall–Kier alpha value is -0.120. The molecule has 0 spiro atoms. The summed E-state index contributed by atoms with van der Waals surface area (Å²) >= 11 is 0. The Bertz CT molecular complexity index is 178. The van der Waals surface area contributed by atoms with Crippen LogP contribution in [0.1, 0.15) is 32.1 Å². The van der Waals surface area contributed by atoms with Crippen molar-refractivity contribution in [3.8, 4) is 0 Å². The minimum absolute atomic E-state index is 0.587. The third-order valence-corrected chi connectivity index (χ3v) is 3.82. The van der Waals surface area contributed by atoms with Gasteiger partial charge in [0.25, 0.3) is 0 Å². The van der Waals surface area contributed by atoms with Gasteiger partial charge in [0.05, 0.1) is 13.2 Å². The maximum atomic E-state index is 5.65. The van der Waals surface area contributed by atoms with Gasteiger partial charge in [0, 0.05) is 19.1 Å². The molecule has 1 saturated carbocycles. The fourth-order valence-corrected chi connectivity index (χ4v) is 2.91. The Kier molecular flexibility index (Phi) is 4.42. The van der Waals surface area contributed by atoms with Gasteiger partial charge < -0.3 is 10.5 Å². The van der Waals surface area contributed by atoms with Crippen molar-refractivity contribution in [2.75, 3.05) is 32.8 Å². The zero-order chi connectivity index (χ0) is 10.5. The number of hydrogen-bond donors (Lipinski definition) is 1. The Morgan fingerprint density at radius 1 is 1.27 bits per heavy atom. The van der Waals surface area contributed by atoms with E-state index in [4.69, 9.17) is 10.5 Å². The molecular formula is C12H24N2O. The van der Waals surface area contributed by atoms with Gasteiger partial charge in [-0.25, -0.2) is 0 Å². The van der Waals surface area contributed by atoms with Crippen LogP contribution in [0.2, 0.25) is 0 Å². The largest absolute Gasteiger partial charge is 0.378 e. The number of rotatable bonds is 4. The van der Waals surface area contributed by atoms with Crippen molar-refractivity contribution >= 4 is 0 Å². The van der Waals surface area contributed by atoms with E-state index >= 15 is 0 Å². The normalized spacial score (nSPS) is 29.8. The topological polar surface area (TPSA) is 38.5 Å². The average molecular weight is 212 g/mol. The first kappa shape index (κ1) is 11.4. The van der Waals surface area contributed by atoms with Gasteiger partial charge in [-0.05, 0) is 31.7 Å². The van der Waals surface area contributed by atoms with Crippen molar-refractivity contribution in [1.82, 2.24) is 4.90 Å². The molecule has 1 saturated heterocycles. The van der Waals surface area contributed by atoms with Crippen LogP contribution in [0.4, 0.5) is 0 Å². The van der Waals surface area contributed by atoms with Gasteiger partial charge >= 0.3 is 0 Å². The second-order valence-corrected chi connectivity index (χ2v) is 4.95. The van der Waals surface area contributed by atoms with Crippen molar-refractivity contribution < 1.29 is 4.74 Å². The third-order valence-electron chi connectivity index (χ3n) is 3.82. The fourth-order valence-electron chi connectivity index (χ4n) is 2.91. The van der Waals surface area contributed by atoms with Crippen LogP contribution in [0.15, 0.2) is 0 Å². The number of nitrogens with zero attached hydrogens (tertiary/aromatic N) is 1. The van der Waals surface area contributed by atoms with Crippen LogP contribution in [-0.2, 0) is 4.74 Å². The quantitative estimate of drug-likeness (QED) is 0.761. The molecule has 1 unspecified atom stereocenters. The lowest BCUT2D eigenvalue weighted by Crippen LogP contribution is -2.47. The molecule has 88 valence electrons. The summed E-state index contributed by atoms with van der Waals surface area (Å²) in [4.78, 5) is 2.62. The van der Waals surface area contributed by atoms with Crippen LogP contribution in [0.5, 0.6) is 0 Å². The van der Waals surface area contributed by atoms with Crippen LogP contribution >= 0.6 is 0 Å². The number of nitrogens with two attached hydrogens (primary N) is 1. The first-order valence-electron chi connectivity index (χ1n) is 6.42. The second kappa shape index (κ2) is 5.83. The zero-order valence-electron chi connectivity index (χ0n) is 9.66. The zero-order valence-corrected chi connectivity index (χ0v) is 9.66. The molecule has 2 N–H and O–H groups in total. The first-order valence-corrected chi connectivity index (χ1v) is 6.42. The molecule has 3 nitrogen and oxygen atoms in total. The number of hydrogen-bond acceptors (Lipinski definition) is 3. The Morgan fingerprint density at radius 3 is 2.80 bits per heavy atom. The summed E-state index contributed by atoms with van der Waals surface area (Å²) in [5.41, 5.74) is 5.65. The molecule has 0 amide bonds. The number of ether oxygens (including phenoxy) is 1. The molecule has 15 heavy (non-hydrogen) atoms. The SMILES string of the molecule is NCCC1COCCN1CC1CCCC1. The van der Waals surface area contributed by atoms with E-state index in [0.717, 1.165) is 38.6 Å². The summed E-state index contributed by atoms with van der Waals surface area (Å²) in [6, 6.07) is 0.587. The lowest BCUT2D eigenvalue weighted by Gasteiger charge is -2.37. The molecule has 1 atom stereocenters. The van der Waals surface area contributed by atoms with E-state index in [1.807, 2.05) is 0 Å². The summed E-state index contributed by atoms with van der Waals surface area (Å²) in [6.45, 7) is 4.99. The van der Waals surface area contributed by atoms with Crippen molar-refractivity contribution in [3.63, 3.8) is 0 Å². The van der Waals surface area contributed by atoms with Gasteiger partial charge in [0.15, 0.2) is 0 Å². The maximum absolute atomic E-state index is 5.65. The molecule has 1 aliphatic carbocycles. The summed E-state index contributed by atoms with van der Waals surface area (Å²) in [5, 5.41) is 0. The Morgan fingerprint density at radius 2 is 2.07 bits per heavy atom. The highest BCUT2D eigenvalue weighted by Crippen LogP contribution is 2.26. The predicted octanol–water partition coefficient (Wildman–Crippen LogP) is 1.23. The molecule has 2 aliphatic rings. The standard InChI is InChI=1S/C12H24N2O/c13-6-5-12-10-15-8-7-14(12)9-11-3-1-2-4-11/h11-12H,1-10,13H2. The lowest BCUT2D eigenvalue weighted by molar-refractivity contribution is -0.0158. The molecule has 0 bridgehead atoms. The van der Waals surface area contributed by atoms with E-state index in [0.29, 0.717) is 6.04 Å². The van der Waals surface area contributed by atoms with Crippen molar-refractivity contribution in [1.29, 1.82) is 0 Å². The number of morpholine rings is 1. The van der Waals surface area contributed by atoms with Gasteiger partial charge in [-0.15, -0.1) is 0 Å². The Balaban J connectivity index is 1.80. The van der Waals surface area contributed by atoms with Crippen LogP contribution in [-0.4, -0.2) is 43.8 Å². The van der Waals surface area contributed by atoms with Crippen LogP contribution in [0.25, 0.3) is 0 Å². The average Bonchev–Trinajstić information content (AvgIpc) is 2.74. The van der Waals surface area contributed by atoms with E-state index < -0.39 is 0 Å². The van der Waals surface area contributed by atoms with Gasteiger partial charge in [0.1, 0.15) is 0 Å². The molecule has 3 heteroatoms. The summed E-state index contributed by atoms with van der Waals surface area (Å²) in [7, 11) is 0. The van der Waals surface area contributed by atoms with E-state index in [2.05, 4.69) is 4.90 Å². The Labute approximate surface area is 93.0 Å². The van der Waals surface area contributed by atoms with Crippen molar-refractivity contribution in [3.05, 3.63) is 0 Å². The summed E-state index contributed by atoms with van der Waals surface area (Å²) < 4.78 is 5.53. The summed E-state index contributed by atoms with van der Waals surface area (Å²) in [5.74, 6) is 0.948. The van der Waals surface area contributed by atoms with Crippen LogP contribution < -0.4 is 5.73 Å². The summed E-state index contributed by atoms with van der Waals surface area (Å²) in [6.07, 6.45) is 6.85. The van der Waals surface area contributed by atoms with Crippen LogP contribution in [0, 0.1) is 5.92 Å². The molecular weight excluding hydrogens is 188 g/mol. The second-order valence-electron chi connectivity index (χ2n) is 4.95. The highest BCUT2D eigenvalue weighted by atomic mass is 16.5. The highest BCUT2D eigenvalue weighted by Gasteiger charge is 2.26. The first-order chi connectivity index (χ1) is 7.40. The van der Waals surface area contributed by atoms with Crippen LogP contribution in [0.3, 0.4) is 0 Å². The minimum Gasteiger partial charge on any atom is -0.378 e. The van der Waals surface area contributed by atoms with E-state index in [1.54, 1.807) is 0 Å². The molecule has 2 fully saturated rings. The lowest BCUT2D eigenvalue weighted by atomic mass is 10.0. The maximum Gasteiger partial charge on any atom is 0.0622 e. The van der Waals surface area contributed by atoms with Gasteiger partial charge in [-0.3, -0.25) is 4.90 Å². The van der Waals surface area contributed by atoms with E-state index in [9.17, 15) is 0 Å². The molecule has 0 radical (unpaired) electrons. The predicted molar refractivity (Wildman–Crippen MR) is 61.8 cm³/mol.